The third kappa shape index (κ3) is 1.98. The van der Waals surface area contributed by atoms with E-state index >= 15 is 0 Å². The van der Waals surface area contributed by atoms with Crippen molar-refractivity contribution in [1.29, 1.82) is 0 Å². The SMILES string of the molecule is O=C(c1ccncc1Cl)N1CCO[C@H]2CNC[C@H]21. The van der Waals surface area contributed by atoms with Crippen molar-refractivity contribution < 1.29 is 9.53 Å². The van der Waals surface area contributed by atoms with E-state index in [2.05, 4.69) is 10.3 Å². The molecule has 0 aliphatic carbocycles. The number of fused-ring (bicyclic) bond motifs is 1. The van der Waals surface area contributed by atoms with Crippen LogP contribution in [-0.2, 0) is 4.74 Å². The smallest absolute Gasteiger partial charge is 0.255 e. The molecule has 2 aliphatic rings. The molecule has 6 heteroatoms. The summed E-state index contributed by atoms with van der Waals surface area (Å²) in [4.78, 5) is 18.2. The van der Waals surface area contributed by atoms with Gasteiger partial charge in [-0.2, -0.15) is 0 Å². The predicted octanol–water partition coefficient (Wildman–Crippen LogP) is 0.548. The summed E-state index contributed by atoms with van der Waals surface area (Å²) >= 11 is 6.02. The summed E-state index contributed by atoms with van der Waals surface area (Å²) in [7, 11) is 0. The van der Waals surface area contributed by atoms with Gasteiger partial charge in [-0.1, -0.05) is 11.6 Å². The summed E-state index contributed by atoms with van der Waals surface area (Å²) in [6, 6.07) is 1.77. The van der Waals surface area contributed by atoms with Gasteiger partial charge in [0.2, 0.25) is 0 Å². The lowest BCUT2D eigenvalue weighted by Crippen LogP contribution is -2.53. The molecule has 0 spiro atoms. The molecule has 0 aromatic carbocycles. The fraction of sp³-hybridized carbons (Fsp3) is 0.500. The number of nitrogens with one attached hydrogen (secondary N) is 1. The molecule has 2 saturated heterocycles. The Morgan fingerprint density at radius 3 is 3.28 bits per heavy atom. The Kier molecular flexibility index (Phi) is 3.20. The molecule has 18 heavy (non-hydrogen) atoms. The average molecular weight is 268 g/mol. The topological polar surface area (TPSA) is 54.5 Å². The lowest BCUT2D eigenvalue weighted by Gasteiger charge is -2.37. The number of rotatable bonds is 1. The van der Waals surface area contributed by atoms with Crippen molar-refractivity contribution in [3.05, 3.63) is 29.0 Å². The summed E-state index contributed by atoms with van der Waals surface area (Å²) in [5, 5.41) is 3.65. The van der Waals surface area contributed by atoms with E-state index in [0.717, 1.165) is 13.1 Å². The van der Waals surface area contributed by atoms with E-state index in [0.29, 0.717) is 23.7 Å². The third-order valence-corrected chi connectivity index (χ3v) is 3.76. The Labute approximate surface area is 110 Å². The van der Waals surface area contributed by atoms with Gasteiger partial charge in [-0.05, 0) is 6.07 Å². The lowest BCUT2D eigenvalue weighted by molar-refractivity contribution is -0.0364. The molecule has 0 radical (unpaired) electrons. The molecule has 3 heterocycles. The molecule has 1 aromatic rings. The number of morpholine rings is 1. The van der Waals surface area contributed by atoms with Crippen molar-refractivity contribution in [2.75, 3.05) is 26.2 Å². The van der Waals surface area contributed by atoms with Crippen molar-refractivity contribution in [2.24, 2.45) is 0 Å². The second kappa shape index (κ2) is 4.84. The molecule has 0 bridgehead atoms. The van der Waals surface area contributed by atoms with Gasteiger partial charge in [0.15, 0.2) is 0 Å². The van der Waals surface area contributed by atoms with Gasteiger partial charge in [0.1, 0.15) is 0 Å². The molecule has 2 atom stereocenters. The van der Waals surface area contributed by atoms with E-state index in [4.69, 9.17) is 16.3 Å². The van der Waals surface area contributed by atoms with Crippen LogP contribution in [0.25, 0.3) is 0 Å². The van der Waals surface area contributed by atoms with Gasteiger partial charge in [-0.3, -0.25) is 9.78 Å². The van der Waals surface area contributed by atoms with Gasteiger partial charge in [0, 0.05) is 32.0 Å². The molecule has 1 N–H and O–H groups in total. The minimum atomic E-state index is -0.0376. The quantitative estimate of drug-likeness (QED) is 0.807. The van der Waals surface area contributed by atoms with E-state index in [9.17, 15) is 4.79 Å². The molecular weight excluding hydrogens is 254 g/mol. The van der Waals surface area contributed by atoms with Crippen LogP contribution in [0, 0.1) is 0 Å². The van der Waals surface area contributed by atoms with Gasteiger partial charge in [0.25, 0.3) is 5.91 Å². The van der Waals surface area contributed by atoms with E-state index in [1.54, 1.807) is 12.3 Å². The first-order chi connectivity index (χ1) is 8.77. The Bertz CT molecular complexity index is 468. The van der Waals surface area contributed by atoms with Crippen LogP contribution < -0.4 is 5.32 Å². The average Bonchev–Trinajstić information content (AvgIpc) is 2.86. The number of hydrogen-bond acceptors (Lipinski definition) is 4. The zero-order chi connectivity index (χ0) is 12.5. The van der Waals surface area contributed by atoms with Crippen molar-refractivity contribution >= 4 is 17.5 Å². The highest BCUT2D eigenvalue weighted by molar-refractivity contribution is 6.33. The van der Waals surface area contributed by atoms with Gasteiger partial charge < -0.3 is 15.0 Å². The summed E-state index contributed by atoms with van der Waals surface area (Å²) in [5.41, 5.74) is 0.513. The summed E-state index contributed by atoms with van der Waals surface area (Å²) in [6.07, 6.45) is 3.19. The zero-order valence-electron chi connectivity index (χ0n) is 9.80. The van der Waals surface area contributed by atoms with E-state index in [1.165, 1.54) is 6.20 Å². The summed E-state index contributed by atoms with van der Waals surface area (Å²) in [5.74, 6) is -0.0376. The Hall–Kier alpha value is -1.17. The first-order valence-corrected chi connectivity index (χ1v) is 6.38. The number of halogens is 1. The van der Waals surface area contributed by atoms with Crippen LogP contribution in [0.1, 0.15) is 10.4 Å². The first kappa shape index (κ1) is 11.9. The van der Waals surface area contributed by atoms with Gasteiger partial charge in [-0.25, -0.2) is 0 Å². The number of amides is 1. The molecule has 1 aromatic heterocycles. The standard InChI is InChI=1S/C12H14ClN3O2/c13-9-5-14-2-1-8(9)12(17)16-3-4-18-11-7-15-6-10(11)16/h1-2,5,10-11,15H,3-4,6-7H2/t10-,11+/m1/s1. The normalized spacial score (nSPS) is 27.1. The molecule has 1 amide bonds. The lowest BCUT2D eigenvalue weighted by atomic mass is 10.1. The number of pyridine rings is 1. The Morgan fingerprint density at radius 1 is 1.56 bits per heavy atom. The van der Waals surface area contributed by atoms with Crippen LogP contribution in [0.4, 0.5) is 0 Å². The molecule has 5 nitrogen and oxygen atoms in total. The van der Waals surface area contributed by atoms with Crippen molar-refractivity contribution in [3.8, 4) is 0 Å². The highest BCUT2D eigenvalue weighted by atomic mass is 35.5. The largest absolute Gasteiger partial charge is 0.373 e. The van der Waals surface area contributed by atoms with Crippen LogP contribution in [0.2, 0.25) is 5.02 Å². The predicted molar refractivity (Wildman–Crippen MR) is 66.7 cm³/mol. The van der Waals surface area contributed by atoms with E-state index < -0.39 is 0 Å². The maximum absolute atomic E-state index is 12.5. The van der Waals surface area contributed by atoms with Crippen molar-refractivity contribution in [3.63, 3.8) is 0 Å². The van der Waals surface area contributed by atoms with Gasteiger partial charge in [0.05, 0.1) is 29.3 Å². The fourth-order valence-corrected chi connectivity index (χ4v) is 2.75. The maximum atomic E-state index is 12.5. The molecule has 3 rings (SSSR count). The number of ether oxygens (including phenoxy) is 1. The Balaban J connectivity index is 1.86. The van der Waals surface area contributed by atoms with Crippen LogP contribution in [0.15, 0.2) is 18.5 Å². The number of carbonyl (C=O) groups excluding carboxylic acids is 1. The molecule has 2 aliphatic heterocycles. The minimum Gasteiger partial charge on any atom is -0.373 e. The fourth-order valence-electron chi connectivity index (χ4n) is 2.55. The van der Waals surface area contributed by atoms with Crippen LogP contribution >= 0.6 is 11.6 Å². The molecule has 0 unspecified atom stereocenters. The minimum absolute atomic E-state index is 0.0376. The first-order valence-electron chi connectivity index (χ1n) is 6.00. The highest BCUT2D eigenvalue weighted by Crippen LogP contribution is 2.22. The highest BCUT2D eigenvalue weighted by Gasteiger charge is 2.38. The third-order valence-electron chi connectivity index (χ3n) is 3.46. The number of carbonyl (C=O) groups is 1. The van der Waals surface area contributed by atoms with Gasteiger partial charge in [-0.15, -0.1) is 0 Å². The monoisotopic (exact) mass is 267 g/mol. The Morgan fingerprint density at radius 2 is 2.44 bits per heavy atom. The van der Waals surface area contributed by atoms with Gasteiger partial charge >= 0.3 is 0 Å². The van der Waals surface area contributed by atoms with E-state index in [-0.39, 0.29) is 18.1 Å². The van der Waals surface area contributed by atoms with E-state index in [1.807, 2.05) is 4.90 Å². The summed E-state index contributed by atoms with van der Waals surface area (Å²) < 4.78 is 5.65. The van der Waals surface area contributed by atoms with Crippen LogP contribution in [-0.4, -0.2) is 54.2 Å². The number of aromatic nitrogens is 1. The van der Waals surface area contributed by atoms with Crippen LogP contribution in [0.3, 0.4) is 0 Å². The second-order valence-electron chi connectivity index (χ2n) is 4.49. The molecular formula is C12H14ClN3O2. The van der Waals surface area contributed by atoms with Crippen molar-refractivity contribution in [2.45, 2.75) is 12.1 Å². The second-order valence-corrected chi connectivity index (χ2v) is 4.90. The zero-order valence-corrected chi connectivity index (χ0v) is 10.6. The number of nitrogens with zero attached hydrogens (tertiary/aromatic N) is 2. The molecule has 0 saturated carbocycles. The summed E-state index contributed by atoms with van der Waals surface area (Å²) in [6.45, 7) is 2.77. The maximum Gasteiger partial charge on any atom is 0.255 e. The van der Waals surface area contributed by atoms with Crippen molar-refractivity contribution in [1.82, 2.24) is 15.2 Å². The number of hydrogen-bond donors (Lipinski definition) is 1. The molecule has 96 valence electrons. The van der Waals surface area contributed by atoms with Crippen LogP contribution in [0.5, 0.6) is 0 Å². The molecule has 2 fully saturated rings.